The zero-order chi connectivity index (χ0) is 18.0. The summed E-state index contributed by atoms with van der Waals surface area (Å²) in [5.74, 6) is 0.372. The number of anilines is 1. The predicted octanol–water partition coefficient (Wildman–Crippen LogP) is 1.22. The summed E-state index contributed by atoms with van der Waals surface area (Å²) < 4.78 is 14.3. The molecule has 0 aliphatic carbocycles. The fraction of sp³-hybridized carbons (Fsp3) is 0.688. The number of fused-ring (bicyclic) bond motifs is 1. The molecule has 1 aliphatic heterocycles. The molecule has 24 heavy (non-hydrogen) atoms. The van der Waals surface area contributed by atoms with E-state index < -0.39 is 5.72 Å². The molecule has 3 heterocycles. The predicted molar refractivity (Wildman–Crippen MR) is 96.3 cm³/mol. The Morgan fingerprint density at radius 3 is 2.46 bits per heavy atom. The molecular weight excluding hydrogens is 322 g/mol. The molecule has 7 nitrogen and oxygen atoms in total. The standard InChI is InChI=1S/C16H27N5O2Si/c1-13(2,3)15(6)14(4,5)16(23-15,7-22-24)21-9-20-10-11(17)18-8-19-12(10)21/h8-9H,7H2,1-6,24H3,(H2,17,18,19)/t15-,16-/m0/s1. The molecule has 2 aromatic rings. The Balaban J connectivity index is 2.20. The van der Waals surface area contributed by atoms with Gasteiger partial charge in [-0.3, -0.25) is 4.57 Å². The highest BCUT2D eigenvalue weighted by atomic mass is 28.2. The third-order valence-electron chi connectivity index (χ3n) is 6.06. The Morgan fingerprint density at radius 1 is 1.25 bits per heavy atom. The van der Waals surface area contributed by atoms with Crippen LogP contribution >= 0.6 is 0 Å². The summed E-state index contributed by atoms with van der Waals surface area (Å²) in [6, 6.07) is 0. The molecule has 0 unspecified atom stereocenters. The van der Waals surface area contributed by atoms with Gasteiger partial charge in [0.2, 0.25) is 0 Å². The molecule has 0 amide bonds. The molecular formula is C16H27N5O2Si. The van der Waals surface area contributed by atoms with Gasteiger partial charge in [0.1, 0.15) is 22.3 Å². The summed E-state index contributed by atoms with van der Waals surface area (Å²) in [7, 11) is 0.628. The lowest BCUT2D eigenvalue weighted by Gasteiger charge is -2.71. The zero-order valence-corrected chi connectivity index (χ0v) is 17.5. The number of aromatic nitrogens is 4. The van der Waals surface area contributed by atoms with Crippen molar-refractivity contribution < 1.29 is 9.16 Å². The fourth-order valence-corrected chi connectivity index (χ4v) is 4.34. The van der Waals surface area contributed by atoms with Crippen molar-refractivity contribution in [1.29, 1.82) is 0 Å². The first-order chi connectivity index (χ1) is 11.0. The summed E-state index contributed by atoms with van der Waals surface area (Å²) in [5, 5.41) is 0. The molecule has 1 fully saturated rings. The maximum absolute atomic E-state index is 6.65. The van der Waals surface area contributed by atoms with Gasteiger partial charge in [0.25, 0.3) is 0 Å². The van der Waals surface area contributed by atoms with Gasteiger partial charge in [0.15, 0.2) is 17.2 Å². The van der Waals surface area contributed by atoms with Crippen molar-refractivity contribution >= 4 is 27.5 Å². The summed E-state index contributed by atoms with van der Waals surface area (Å²) in [6.45, 7) is 13.7. The van der Waals surface area contributed by atoms with Crippen molar-refractivity contribution in [2.24, 2.45) is 10.8 Å². The first-order valence-corrected chi connectivity index (χ1v) is 8.96. The maximum atomic E-state index is 6.65. The highest BCUT2D eigenvalue weighted by Gasteiger charge is 2.73. The van der Waals surface area contributed by atoms with Gasteiger partial charge in [-0.2, -0.15) is 0 Å². The summed E-state index contributed by atoms with van der Waals surface area (Å²) in [6.07, 6.45) is 3.19. The van der Waals surface area contributed by atoms with E-state index in [1.807, 2.05) is 4.57 Å². The number of ether oxygens (including phenoxy) is 1. The van der Waals surface area contributed by atoms with E-state index in [-0.39, 0.29) is 16.4 Å². The van der Waals surface area contributed by atoms with Gasteiger partial charge >= 0.3 is 0 Å². The van der Waals surface area contributed by atoms with Gasteiger partial charge in [-0.25, -0.2) is 15.0 Å². The lowest BCUT2D eigenvalue weighted by Crippen LogP contribution is -2.78. The smallest absolute Gasteiger partial charge is 0.178 e. The van der Waals surface area contributed by atoms with Crippen molar-refractivity contribution in [3.05, 3.63) is 12.7 Å². The van der Waals surface area contributed by atoms with Gasteiger partial charge in [0.05, 0.1) is 18.5 Å². The van der Waals surface area contributed by atoms with Crippen LogP contribution in [0.15, 0.2) is 12.7 Å². The Hall–Kier alpha value is -1.51. The summed E-state index contributed by atoms with van der Waals surface area (Å²) >= 11 is 0. The maximum Gasteiger partial charge on any atom is 0.178 e. The quantitative estimate of drug-likeness (QED) is 0.838. The first kappa shape index (κ1) is 17.3. The Labute approximate surface area is 145 Å². The molecule has 132 valence electrons. The molecule has 2 atom stereocenters. The van der Waals surface area contributed by atoms with Gasteiger partial charge in [-0.1, -0.05) is 34.6 Å². The highest BCUT2D eigenvalue weighted by Crippen LogP contribution is 2.66. The van der Waals surface area contributed by atoms with Crippen molar-refractivity contribution in [2.75, 3.05) is 12.3 Å². The van der Waals surface area contributed by atoms with Crippen molar-refractivity contribution in [3.63, 3.8) is 0 Å². The van der Waals surface area contributed by atoms with Crippen LogP contribution in [-0.4, -0.2) is 42.2 Å². The Kier molecular flexibility index (Phi) is 3.60. The van der Waals surface area contributed by atoms with E-state index in [0.717, 1.165) is 0 Å². The number of hydrogen-bond donors (Lipinski definition) is 1. The Bertz CT molecular complexity index is 784. The van der Waals surface area contributed by atoms with Gasteiger partial charge < -0.3 is 14.9 Å². The molecule has 0 spiro atoms. The number of imidazole rings is 1. The van der Waals surface area contributed by atoms with Crippen molar-refractivity contribution in [3.8, 4) is 0 Å². The van der Waals surface area contributed by atoms with Crippen LogP contribution in [0.25, 0.3) is 11.2 Å². The molecule has 0 radical (unpaired) electrons. The van der Waals surface area contributed by atoms with E-state index in [2.05, 4.69) is 56.5 Å². The highest BCUT2D eigenvalue weighted by molar-refractivity contribution is 5.98. The summed E-state index contributed by atoms with van der Waals surface area (Å²) in [4.78, 5) is 12.8. The van der Waals surface area contributed by atoms with Crippen LogP contribution in [0.1, 0.15) is 41.5 Å². The third kappa shape index (κ3) is 1.87. The number of nitrogens with zero attached hydrogens (tertiary/aromatic N) is 4. The van der Waals surface area contributed by atoms with Crippen LogP contribution in [0.5, 0.6) is 0 Å². The molecule has 2 aromatic heterocycles. The number of nitrogen functional groups attached to an aromatic ring is 1. The lowest BCUT2D eigenvalue weighted by atomic mass is 9.53. The van der Waals surface area contributed by atoms with Crippen LogP contribution in [0.3, 0.4) is 0 Å². The average molecular weight is 350 g/mol. The van der Waals surface area contributed by atoms with E-state index in [4.69, 9.17) is 14.9 Å². The molecule has 0 saturated carbocycles. The van der Waals surface area contributed by atoms with Gasteiger partial charge in [0, 0.05) is 5.41 Å². The summed E-state index contributed by atoms with van der Waals surface area (Å²) in [5.41, 5.74) is 5.96. The minimum absolute atomic E-state index is 0.0322. The van der Waals surface area contributed by atoms with Crippen molar-refractivity contribution in [1.82, 2.24) is 19.5 Å². The monoisotopic (exact) mass is 349 g/mol. The Morgan fingerprint density at radius 2 is 1.92 bits per heavy atom. The molecule has 1 aliphatic rings. The SMILES string of the molecule is CC(C)(C)[C@]1(C)O[C@](CO[SiH3])(n2cnc3c(N)ncnc32)C1(C)C. The number of hydrogen-bond acceptors (Lipinski definition) is 6. The van der Waals surface area contributed by atoms with Crippen LogP contribution in [0, 0.1) is 10.8 Å². The second-order valence-corrected chi connectivity index (χ2v) is 8.85. The average Bonchev–Trinajstić information content (AvgIpc) is 2.90. The second-order valence-electron chi connectivity index (χ2n) is 8.27. The van der Waals surface area contributed by atoms with Crippen LogP contribution < -0.4 is 5.73 Å². The van der Waals surface area contributed by atoms with Crippen LogP contribution in [0.4, 0.5) is 5.82 Å². The van der Waals surface area contributed by atoms with E-state index in [0.29, 0.717) is 34.1 Å². The lowest BCUT2D eigenvalue weighted by molar-refractivity contribution is -0.435. The first-order valence-electron chi connectivity index (χ1n) is 8.15. The molecule has 1 saturated heterocycles. The molecule has 0 bridgehead atoms. The van der Waals surface area contributed by atoms with E-state index in [1.165, 1.54) is 6.33 Å². The number of rotatable bonds is 3. The minimum atomic E-state index is -0.674. The largest absolute Gasteiger partial charge is 0.423 e. The molecule has 2 N–H and O–H groups in total. The second kappa shape index (κ2) is 5.00. The van der Waals surface area contributed by atoms with E-state index >= 15 is 0 Å². The third-order valence-corrected chi connectivity index (χ3v) is 6.35. The van der Waals surface area contributed by atoms with Crippen molar-refractivity contribution in [2.45, 2.75) is 52.9 Å². The van der Waals surface area contributed by atoms with E-state index in [1.54, 1.807) is 6.33 Å². The van der Waals surface area contributed by atoms with Crippen LogP contribution in [0.2, 0.25) is 0 Å². The fourth-order valence-electron chi connectivity index (χ4n) is 3.95. The molecule has 8 heteroatoms. The topological polar surface area (TPSA) is 88.1 Å². The number of nitrogens with two attached hydrogens (primary N) is 1. The van der Waals surface area contributed by atoms with E-state index in [9.17, 15) is 0 Å². The molecule has 3 rings (SSSR count). The van der Waals surface area contributed by atoms with Crippen LogP contribution in [-0.2, 0) is 14.9 Å². The van der Waals surface area contributed by atoms with Gasteiger partial charge in [-0.15, -0.1) is 0 Å². The minimum Gasteiger partial charge on any atom is -0.423 e. The normalized spacial score (nSPS) is 29.8. The molecule has 0 aromatic carbocycles. The zero-order valence-electron chi connectivity index (χ0n) is 15.5. The van der Waals surface area contributed by atoms with Gasteiger partial charge in [-0.05, 0) is 12.3 Å².